The average molecular weight is 266 g/mol. The summed E-state index contributed by atoms with van der Waals surface area (Å²) in [6.07, 6.45) is 10.4. The van der Waals surface area contributed by atoms with Crippen molar-refractivity contribution in [2.75, 3.05) is 13.1 Å². The Kier molecular flexibility index (Phi) is 8.71. The second-order valence-corrected chi connectivity index (χ2v) is 3.95. The van der Waals surface area contributed by atoms with E-state index in [9.17, 15) is 0 Å². The van der Waals surface area contributed by atoms with Crippen molar-refractivity contribution in [3.8, 4) is 0 Å². The molecule has 0 aromatic carbocycles. The molecule has 0 saturated carbocycles. The number of halogens is 2. The van der Waals surface area contributed by atoms with Crippen molar-refractivity contribution in [1.82, 2.24) is 14.9 Å². The number of hydrogen-bond acceptors (Lipinski definition) is 2. The highest BCUT2D eigenvalue weighted by Crippen LogP contribution is 2.06. The Morgan fingerprint density at radius 1 is 1.06 bits per heavy atom. The number of imidazole rings is 1. The van der Waals surface area contributed by atoms with E-state index in [2.05, 4.69) is 21.1 Å². The average Bonchev–Trinajstić information content (AvgIpc) is 2.61. The molecule has 1 aromatic rings. The van der Waals surface area contributed by atoms with E-state index in [1.54, 1.807) is 0 Å². The predicted octanol–water partition coefficient (Wildman–Crippen LogP) is 2.43. The van der Waals surface area contributed by atoms with Crippen molar-refractivity contribution in [3.05, 3.63) is 18.2 Å². The first-order valence-electron chi connectivity index (χ1n) is 5.67. The highest BCUT2D eigenvalue weighted by atomic mass is 35.5. The lowest BCUT2D eigenvalue weighted by Crippen LogP contribution is -2.19. The molecular formula is C11H21Cl2N3. The number of aromatic nitrogens is 2. The molecule has 94 valence electrons. The summed E-state index contributed by atoms with van der Waals surface area (Å²) in [5.74, 6) is 1.24. The summed E-state index contributed by atoms with van der Waals surface area (Å²) in [4.78, 5) is 4.38. The summed E-state index contributed by atoms with van der Waals surface area (Å²) in [6.45, 7) is 3.38. The lowest BCUT2D eigenvalue weighted by Gasteiger charge is -2.06. The Morgan fingerprint density at radius 3 is 2.75 bits per heavy atom. The van der Waals surface area contributed by atoms with E-state index >= 15 is 0 Å². The standard InChI is InChI=1S/C11H19N3.2ClH/c1-2-4-9-14-10-8-13-11(14)5-7-12-6-3-1;;/h8,10,12H,1-7,9H2;2*1H. The SMILES string of the molecule is Cl.Cl.c1cn2c(n1)CCNCCCCCC2. The van der Waals surface area contributed by atoms with Crippen LogP contribution >= 0.6 is 24.8 Å². The molecule has 0 bridgehead atoms. The monoisotopic (exact) mass is 265 g/mol. The number of rotatable bonds is 0. The quantitative estimate of drug-likeness (QED) is 0.781. The van der Waals surface area contributed by atoms with Crippen LogP contribution in [-0.2, 0) is 13.0 Å². The van der Waals surface area contributed by atoms with E-state index in [0.29, 0.717) is 0 Å². The highest BCUT2D eigenvalue weighted by molar-refractivity contribution is 5.85. The van der Waals surface area contributed by atoms with Crippen molar-refractivity contribution in [2.45, 2.75) is 38.6 Å². The van der Waals surface area contributed by atoms with Gasteiger partial charge in [0, 0.05) is 31.9 Å². The second kappa shape index (κ2) is 8.85. The van der Waals surface area contributed by atoms with Crippen molar-refractivity contribution in [3.63, 3.8) is 0 Å². The zero-order valence-corrected chi connectivity index (χ0v) is 11.2. The molecular weight excluding hydrogens is 245 g/mol. The third kappa shape index (κ3) is 4.73. The lowest BCUT2D eigenvalue weighted by atomic mass is 10.2. The normalized spacial score (nSPS) is 17.2. The van der Waals surface area contributed by atoms with E-state index in [0.717, 1.165) is 19.5 Å². The molecule has 1 aliphatic heterocycles. The maximum Gasteiger partial charge on any atom is 0.109 e. The van der Waals surface area contributed by atoms with Gasteiger partial charge < -0.3 is 9.88 Å². The summed E-state index contributed by atoms with van der Waals surface area (Å²) in [7, 11) is 0. The van der Waals surface area contributed by atoms with Gasteiger partial charge in [-0.15, -0.1) is 24.8 Å². The first kappa shape index (κ1) is 15.8. The molecule has 5 heteroatoms. The van der Waals surface area contributed by atoms with E-state index in [4.69, 9.17) is 0 Å². The zero-order chi connectivity index (χ0) is 9.64. The minimum atomic E-state index is 0. The fourth-order valence-corrected chi connectivity index (χ4v) is 1.98. The van der Waals surface area contributed by atoms with Crippen LogP contribution in [0.15, 0.2) is 12.4 Å². The van der Waals surface area contributed by atoms with Gasteiger partial charge in [0.15, 0.2) is 0 Å². The number of fused-ring (bicyclic) bond motifs is 1. The smallest absolute Gasteiger partial charge is 0.109 e. The molecule has 0 amide bonds. The molecule has 1 N–H and O–H groups in total. The van der Waals surface area contributed by atoms with Crippen LogP contribution in [0.3, 0.4) is 0 Å². The first-order chi connectivity index (χ1) is 6.97. The highest BCUT2D eigenvalue weighted by Gasteiger charge is 2.03. The van der Waals surface area contributed by atoms with Gasteiger partial charge >= 0.3 is 0 Å². The molecule has 2 rings (SSSR count). The van der Waals surface area contributed by atoms with Gasteiger partial charge in [-0.2, -0.15) is 0 Å². The molecule has 0 aliphatic carbocycles. The summed E-state index contributed by atoms with van der Waals surface area (Å²) < 4.78 is 2.30. The minimum Gasteiger partial charge on any atom is -0.335 e. The molecule has 0 spiro atoms. The Hall–Kier alpha value is -0.250. The van der Waals surface area contributed by atoms with Crippen LogP contribution in [0, 0.1) is 0 Å². The van der Waals surface area contributed by atoms with Crippen molar-refractivity contribution >= 4 is 24.8 Å². The van der Waals surface area contributed by atoms with Crippen LogP contribution in [0.2, 0.25) is 0 Å². The van der Waals surface area contributed by atoms with Crippen LogP contribution in [0.4, 0.5) is 0 Å². The topological polar surface area (TPSA) is 29.9 Å². The lowest BCUT2D eigenvalue weighted by molar-refractivity contribution is 0.564. The van der Waals surface area contributed by atoms with Crippen LogP contribution < -0.4 is 5.32 Å². The van der Waals surface area contributed by atoms with Gasteiger partial charge in [0.25, 0.3) is 0 Å². The molecule has 0 saturated heterocycles. The molecule has 2 heterocycles. The summed E-state index contributed by atoms with van der Waals surface area (Å²) >= 11 is 0. The largest absolute Gasteiger partial charge is 0.335 e. The third-order valence-electron chi connectivity index (χ3n) is 2.83. The Balaban J connectivity index is 0.00000112. The summed E-state index contributed by atoms with van der Waals surface area (Å²) in [6, 6.07) is 0. The fraction of sp³-hybridized carbons (Fsp3) is 0.727. The Bertz CT molecular complexity index is 251. The van der Waals surface area contributed by atoms with Crippen molar-refractivity contribution in [1.29, 1.82) is 0 Å². The van der Waals surface area contributed by atoms with Crippen LogP contribution in [0.5, 0.6) is 0 Å². The fourth-order valence-electron chi connectivity index (χ4n) is 1.98. The maximum atomic E-state index is 4.38. The minimum absolute atomic E-state index is 0. The molecule has 16 heavy (non-hydrogen) atoms. The van der Waals surface area contributed by atoms with E-state index < -0.39 is 0 Å². The number of nitrogens with zero attached hydrogens (tertiary/aromatic N) is 2. The summed E-state index contributed by atoms with van der Waals surface area (Å²) in [5, 5.41) is 3.46. The molecule has 1 aliphatic rings. The van der Waals surface area contributed by atoms with E-state index in [1.807, 2.05) is 6.20 Å². The Labute approximate surface area is 110 Å². The van der Waals surface area contributed by atoms with Gasteiger partial charge in [-0.05, 0) is 19.4 Å². The number of aryl methyl sites for hydroxylation is 1. The van der Waals surface area contributed by atoms with Gasteiger partial charge in [0.1, 0.15) is 5.82 Å². The van der Waals surface area contributed by atoms with Gasteiger partial charge in [-0.3, -0.25) is 0 Å². The molecule has 0 radical (unpaired) electrons. The third-order valence-corrected chi connectivity index (χ3v) is 2.83. The molecule has 3 nitrogen and oxygen atoms in total. The van der Waals surface area contributed by atoms with E-state index in [-0.39, 0.29) is 24.8 Å². The molecule has 1 aromatic heterocycles. The van der Waals surface area contributed by atoms with Gasteiger partial charge in [-0.25, -0.2) is 4.98 Å². The maximum absolute atomic E-state index is 4.38. The van der Waals surface area contributed by atoms with E-state index in [1.165, 1.54) is 38.1 Å². The Morgan fingerprint density at radius 2 is 1.88 bits per heavy atom. The number of nitrogens with one attached hydrogen (secondary N) is 1. The van der Waals surface area contributed by atoms with Crippen molar-refractivity contribution in [2.24, 2.45) is 0 Å². The second-order valence-electron chi connectivity index (χ2n) is 3.95. The zero-order valence-electron chi connectivity index (χ0n) is 9.52. The van der Waals surface area contributed by atoms with Gasteiger partial charge in [-0.1, -0.05) is 12.8 Å². The molecule has 0 fully saturated rings. The molecule has 0 atom stereocenters. The van der Waals surface area contributed by atoms with Gasteiger partial charge in [0.2, 0.25) is 0 Å². The van der Waals surface area contributed by atoms with Crippen molar-refractivity contribution < 1.29 is 0 Å². The number of hydrogen-bond donors (Lipinski definition) is 1. The van der Waals surface area contributed by atoms with Gasteiger partial charge in [0.05, 0.1) is 0 Å². The summed E-state index contributed by atoms with van der Waals surface area (Å²) in [5.41, 5.74) is 0. The first-order valence-corrected chi connectivity index (χ1v) is 5.67. The van der Waals surface area contributed by atoms with Crippen LogP contribution in [0.1, 0.15) is 31.5 Å². The predicted molar refractivity (Wildman–Crippen MR) is 71.8 cm³/mol. The molecule has 0 unspecified atom stereocenters. The van der Waals surface area contributed by atoms with Crippen LogP contribution in [0.25, 0.3) is 0 Å². The van der Waals surface area contributed by atoms with Crippen LogP contribution in [-0.4, -0.2) is 22.6 Å².